The number of hydrogen-bond acceptors (Lipinski definition) is 3. The third-order valence-corrected chi connectivity index (χ3v) is 2.37. The molecule has 2 N–H and O–H groups in total. The summed E-state index contributed by atoms with van der Waals surface area (Å²) in [6.45, 7) is 4.25. The number of aliphatic hydroxyl groups is 1. The van der Waals surface area contributed by atoms with Gasteiger partial charge >= 0.3 is 0 Å². The highest BCUT2D eigenvalue weighted by Crippen LogP contribution is 2.27. The SMILES string of the molecule is Cc1cc(C(C)O)cc(CN(C)C)c1O. The van der Waals surface area contributed by atoms with E-state index in [4.69, 9.17) is 0 Å². The molecule has 1 rings (SSSR count). The largest absolute Gasteiger partial charge is 0.507 e. The molecule has 1 aromatic rings. The molecule has 0 saturated carbocycles. The third kappa shape index (κ3) is 2.94. The lowest BCUT2D eigenvalue weighted by Crippen LogP contribution is -2.11. The van der Waals surface area contributed by atoms with Crippen LogP contribution >= 0.6 is 0 Å². The summed E-state index contributed by atoms with van der Waals surface area (Å²) in [7, 11) is 3.90. The molecule has 1 aromatic carbocycles. The van der Waals surface area contributed by atoms with Gasteiger partial charge in [-0.3, -0.25) is 0 Å². The van der Waals surface area contributed by atoms with Crippen LogP contribution in [0.25, 0.3) is 0 Å². The average Bonchev–Trinajstić information content (AvgIpc) is 2.11. The van der Waals surface area contributed by atoms with Gasteiger partial charge in [-0.15, -0.1) is 0 Å². The van der Waals surface area contributed by atoms with E-state index in [9.17, 15) is 10.2 Å². The first-order chi connectivity index (χ1) is 6.91. The maximum atomic E-state index is 9.84. The van der Waals surface area contributed by atoms with Crippen molar-refractivity contribution in [2.45, 2.75) is 26.5 Å². The number of phenols is 1. The Bertz CT molecular complexity index is 346. The lowest BCUT2D eigenvalue weighted by Gasteiger charge is -2.15. The van der Waals surface area contributed by atoms with Crippen LogP contribution in [0.2, 0.25) is 0 Å². The molecule has 84 valence electrons. The van der Waals surface area contributed by atoms with Gasteiger partial charge in [-0.1, -0.05) is 0 Å². The van der Waals surface area contributed by atoms with Crippen molar-refractivity contribution in [1.82, 2.24) is 4.90 Å². The number of aryl methyl sites for hydroxylation is 1. The highest BCUT2D eigenvalue weighted by Gasteiger charge is 2.10. The molecule has 0 heterocycles. The summed E-state index contributed by atoms with van der Waals surface area (Å²) in [4.78, 5) is 1.99. The fraction of sp³-hybridized carbons (Fsp3) is 0.500. The van der Waals surface area contributed by atoms with E-state index >= 15 is 0 Å². The smallest absolute Gasteiger partial charge is 0.122 e. The Morgan fingerprint density at radius 2 is 1.93 bits per heavy atom. The summed E-state index contributed by atoms with van der Waals surface area (Å²) < 4.78 is 0. The minimum atomic E-state index is -0.495. The number of phenolic OH excluding ortho intramolecular Hbond substituents is 1. The van der Waals surface area contributed by atoms with Crippen LogP contribution in [0.1, 0.15) is 29.7 Å². The van der Waals surface area contributed by atoms with Crippen molar-refractivity contribution in [2.75, 3.05) is 14.1 Å². The van der Waals surface area contributed by atoms with Gasteiger partial charge in [0, 0.05) is 12.1 Å². The van der Waals surface area contributed by atoms with Gasteiger partial charge in [-0.25, -0.2) is 0 Å². The average molecular weight is 209 g/mol. The molecule has 0 aliphatic heterocycles. The molecule has 1 unspecified atom stereocenters. The maximum absolute atomic E-state index is 9.84. The second-order valence-corrected chi connectivity index (χ2v) is 4.26. The monoisotopic (exact) mass is 209 g/mol. The molecule has 0 aromatic heterocycles. The molecule has 15 heavy (non-hydrogen) atoms. The van der Waals surface area contributed by atoms with Crippen LogP contribution < -0.4 is 0 Å². The van der Waals surface area contributed by atoms with E-state index in [0.29, 0.717) is 12.3 Å². The van der Waals surface area contributed by atoms with Crippen molar-refractivity contribution in [2.24, 2.45) is 0 Å². The summed E-state index contributed by atoms with van der Waals surface area (Å²) in [6.07, 6.45) is -0.495. The highest BCUT2D eigenvalue weighted by atomic mass is 16.3. The number of rotatable bonds is 3. The van der Waals surface area contributed by atoms with Gasteiger partial charge in [-0.2, -0.15) is 0 Å². The van der Waals surface area contributed by atoms with E-state index in [2.05, 4.69) is 0 Å². The number of benzene rings is 1. The Morgan fingerprint density at radius 3 is 2.40 bits per heavy atom. The van der Waals surface area contributed by atoms with Gasteiger partial charge in [0.25, 0.3) is 0 Å². The van der Waals surface area contributed by atoms with Crippen molar-refractivity contribution in [1.29, 1.82) is 0 Å². The van der Waals surface area contributed by atoms with Crippen molar-refractivity contribution < 1.29 is 10.2 Å². The van der Waals surface area contributed by atoms with E-state index in [1.807, 2.05) is 38.1 Å². The zero-order chi connectivity index (χ0) is 11.6. The van der Waals surface area contributed by atoms with Crippen molar-refractivity contribution >= 4 is 0 Å². The Kier molecular flexibility index (Phi) is 3.72. The predicted octanol–water partition coefficient (Wildman–Crippen LogP) is 1.82. The van der Waals surface area contributed by atoms with Gasteiger partial charge in [-0.05, 0) is 51.2 Å². The van der Waals surface area contributed by atoms with Crippen molar-refractivity contribution in [3.8, 4) is 5.75 Å². The van der Waals surface area contributed by atoms with Crippen LogP contribution in [0.5, 0.6) is 5.75 Å². The molecule has 0 amide bonds. The van der Waals surface area contributed by atoms with Gasteiger partial charge in [0.1, 0.15) is 5.75 Å². The van der Waals surface area contributed by atoms with Crippen molar-refractivity contribution in [3.05, 3.63) is 28.8 Å². The van der Waals surface area contributed by atoms with E-state index in [1.165, 1.54) is 0 Å². The molecule has 1 atom stereocenters. The van der Waals surface area contributed by atoms with Crippen LogP contribution in [-0.4, -0.2) is 29.2 Å². The zero-order valence-electron chi connectivity index (χ0n) is 9.78. The molecule has 0 aliphatic carbocycles. The van der Waals surface area contributed by atoms with Gasteiger partial charge < -0.3 is 15.1 Å². The lowest BCUT2D eigenvalue weighted by atomic mass is 10.0. The molecule has 3 heteroatoms. The molecule has 0 radical (unpaired) electrons. The maximum Gasteiger partial charge on any atom is 0.122 e. The minimum Gasteiger partial charge on any atom is -0.507 e. The van der Waals surface area contributed by atoms with E-state index in [-0.39, 0.29) is 0 Å². The fourth-order valence-electron chi connectivity index (χ4n) is 1.59. The van der Waals surface area contributed by atoms with Crippen LogP contribution in [-0.2, 0) is 6.54 Å². The van der Waals surface area contributed by atoms with Crippen LogP contribution in [0.4, 0.5) is 0 Å². The van der Waals surface area contributed by atoms with Crippen LogP contribution in [0.3, 0.4) is 0 Å². The van der Waals surface area contributed by atoms with Crippen LogP contribution in [0, 0.1) is 6.92 Å². The van der Waals surface area contributed by atoms with Gasteiger partial charge in [0.15, 0.2) is 0 Å². The number of hydrogen-bond donors (Lipinski definition) is 2. The normalized spacial score (nSPS) is 13.2. The summed E-state index contributed by atoms with van der Waals surface area (Å²) in [6, 6.07) is 3.67. The summed E-state index contributed by atoms with van der Waals surface area (Å²) in [5.74, 6) is 0.327. The Labute approximate surface area is 91.0 Å². The first-order valence-corrected chi connectivity index (χ1v) is 5.07. The zero-order valence-corrected chi connectivity index (χ0v) is 9.78. The molecule has 0 spiro atoms. The second kappa shape index (κ2) is 4.64. The number of aliphatic hydroxyl groups excluding tert-OH is 1. The van der Waals surface area contributed by atoms with Gasteiger partial charge in [0.05, 0.1) is 6.10 Å². The Morgan fingerprint density at radius 1 is 1.33 bits per heavy atom. The summed E-state index contributed by atoms with van der Waals surface area (Å²) in [5, 5.41) is 19.3. The first-order valence-electron chi connectivity index (χ1n) is 5.07. The first kappa shape index (κ1) is 12.0. The number of nitrogens with zero attached hydrogens (tertiary/aromatic N) is 1. The van der Waals surface area contributed by atoms with E-state index in [1.54, 1.807) is 6.92 Å². The topological polar surface area (TPSA) is 43.7 Å². The molecule has 0 fully saturated rings. The standard InChI is InChI=1S/C12H19NO2/c1-8-5-10(9(2)14)6-11(12(8)15)7-13(3)4/h5-6,9,14-15H,7H2,1-4H3. The lowest BCUT2D eigenvalue weighted by molar-refractivity contribution is 0.199. The summed E-state index contributed by atoms with van der Waals surface area (Å²) in [5.41, 5.74) is 2.52. The molecule has 0 aliphatic rings. The Hall–Kier alpha value is -1.06. The molecule has 0 bridgehead atoms. The predicted molar refractivity (Wildman–Crippen MR) is 60.9 cm³/mol. The highest BCUT2D eigenvalue weighted by molar-refractivity contribution is 5.43. The third-order valence-electron chi connectivity index (χ3n) is 2.37. The molecule has 3 nitrogen and oxygen atoms in total. The quantitative estimate of drug-likeness (QED) is 0.798. The molecule has 0 saturated heterocycles. The molecular formula is C12H19NO2. The second-order valence-electron chi connectivity index (χ2n) is 4.26. The van der Waals surface area contributed by atoms with E-state index < -0.39 is 6.10 Å². The van der Waals surface area contributed by atoms with Crippen molar-refractivity contribution in [3.63, 3.8) is 0 Å². The van der Waals surface area contributed by atoms with E-state index in [0.717, 1.165) is 16.7 Å². The Balaban J connectivity index is 3.13. The minimum absolute atomic E-state index is 0.327. The van der Waals surface area contributed by atoms with Gasteiger partial charge in [0.2, 0.25) is 0 Å². The summed E-state index contributed by atoms with van der Waals surface area (Å²) >= 11 is 0. The van der Waals surface area contributed by atoms with Crippen LogP contribution in [0.15, 0.2) is 12.1 Å². The number of aromatic hydroxyl groups is 1. The molecular weight excluding hydrogens is 190 g/mol. The fourth-order valence-corrected chi connectivity index (χ4v) is 1.59.